The molecular formula is C23H24N2O5S. The molecule has 31 heavy (non-hydrogen) atoms. The number of amidine groups is 1. The Morgan fingerprint density at radius 2 is 1.87 bits per heavy atom. The summed E-state index contributed by atoms with van der Waals surface area (Å²) < 4.78 is 33.9. The highest BCUT2D eigenvalue weighted by atomic mass is 32.2. The van der Waals surface area contributed by atoms with Crippen LogP contribution >= 0.6 is 0 Å². The zero-order chi connectivity index (χ0) is 22.0. The van der Waals surface area contributed by atoms with Crippen LogP contribution < -0.4 is 0 Å². The molecule has 2 heterocycles. The normalized spacial score (nSPS) is 19.5. The van der Waals surface area contributed by atoms with Crippen molar-refractivity contribution < 1.29 is 22.7 Å². The van der Waals surface area contributed by atoms with Crippen LogP contribution in [0.25, 0.3) is 0 Å². The molecule has 1 atom stereocenters. The molecule has 162 valence electrons. The lowest BCUT2D eigenvalue weighted by Crippen LogP contribution is -2.43. The van der Waals surface area contributed by atoms with Gasteiger partial charge < -0.3 is 9.64 Å². The van der Waals surface area contributed by atoms with E-state index < -0.39 is 21.9 Å². The second-order valence-corrected chi connectivity index (χ2v) is 9.33. The standard InChI is InChI=1S/C23H24N2O5S/c1-2-16-9-11-17(12-10-16)20(26)15-30-23(27)18-6-5-13-25(14-18)22-19-7-3-4-8-21(19)31(28,29)24-22/h3-4,7-12,18H,2,5-6,13-15H2,1H3. The Bertz CT molecular complexity index is 1140. The van der Waals surface area contributed by atoms with Gasteiger partial charge in [-0.05, 0) is 37.0 Å². The van der Waals surface area contributed by atoms with Gasteiger partial charge in [0.1, 0.15) is 4.90 Å². The molecule has 0 bridgehead atoms. The fourth-order valence-electron chi connectivity index (χ4n) is 3.94. The molecule has 8 heteroatoms. The number of likely N-dealkylation sites (tertiary alicyclic amines) is 1. The molecule has 2 aromatic rings. The summed E-state index contributed by atoms with van der Waals surface area (Å²) in [7, 11) is -3.71. The van der Waals surface area contributed by atoms with Crippen molar-refractivity contribution in [2.24, 2.45) is 10.3 Å². The van der Waals surface area contributed by atoms with Gasteiger partial charge in [-0.15, -0.1) is 4.40 Å². The first kappa shape index (κ1) is 21.2. The van der Waals surface area contributed by atoms with Crippen molar-refractivity contribution in [3.8, 4) is 0 Å². The van der Waals surface area contributed by atoms with Crippen LogP contribution in [0.1, 0.15) is 41.3 Å². The topological polar surface area (TPSA) is 93.1 Å². The Kier molecular flexibility index (Phi) is 5.91. The number of benzene rings is 2. The predicted octanol–water partition coefficient (Wildman–Crippen LogP) is 2.84. The van der Waals surface area contributed by atoms with E-state index in [-0.39, 0.29) is 17.3 Å². The quantitative estimate of drug-likeness (QED) is 0.524. The van der Waals surface area contributed by atoms with Gasteiger partial charge in [0.15, 0.2) is 18.2 Å². The van der Waals surface area contributed by atoms with Crippen molar-refractivity contribution in [2.45, 2.75) is 31.1 Å². The zero-order valence-electron chi connectivity index (χ0n) is 17.3. The first-order valence-corrected chi connectivity index (χ1v) is 11.8. The van der Waals surface area contributed by atoms with Gasteiger partial charge in [-0.3, -0.25) is 9.59 Å². The number of piperidine rings is 1. The number of sulfonamides is 1. The van der Waals surface area contributed by atoms with Crippen LogP contribution in [0.15, 0.2) is 57.8 Å². The number of aryl methyl sites for hydroxylation is 1. The maximum atomic E-state index is 12.6. The molecule has 1 fully saturated rings. The molecule has 4 rings (SSSR count). The first-order chi connectivity index (χ1) is 14.9. The van der Waals surface area contributed by atoms with Crippen molar-refractivity contribution in [3.05, 3.63) is 65.2 Å². The Labute approximate surface area is 181 Å². The Morgan fingerprint density at radius 1 is 1.13 bits per heavy atom. The van der Waals surface area contributed by atoms with E-state index in [0.717, 1.165) is 12.0 Å². The molecule has 2 aliphatic heterocycles. The lowest BCUT2D eigenvalue weighted by atomic mass is 9.97. The van der Waals surface area contributed by atoms with Crippen LogP contribution in [0.5, 0.6) is 0 Å². The van der Waals surface area contributed by atoms with Crippen molar-refractivity contribution in [2.75, 3.05) is 19.7 Å². The van der Waals surface area contributed by atoms with Gasteiger partial charge in [0.25, 0.3) is 10.0 Å². The summed E-state index contributed by atoms with van der Waals surface area (Å²) in [5, 5.41) is 0. The maximum absolute atomic E-state index is 12.6. The molecule has 0 radical (unpaired) electrons. The molecule has 7 nitrogen and oxygen atoms in total. The zero-order valence-corrected chi connectivity index (χ0v) is 18.1. The number of nitrogens with zero attached hydrogens (tertiary/aromatic N) is 2. The number of carbonyl (C=O) groups is 2. The molecule has 1 unspecified atom stereocenters. The molecule has 0 aliphatic carbocycles. The summed E-state index contributed by atoms with van der Waals surface area (Å²) in [6, 6.07) is 14.0. The van der Waals surface area contributed by atoms with Gasteiger partial charge >= 0.3 is 5.97 Å². The van der Waals surface area contributed by atoms with Crippen molar-refractivity contribution in [3.63, 3.8) is 0 Å². The van der Waals surface area contributed by atoms with Crippen LogP contribution in [-0.2, 0) is 26.0 Å². The monoisotopic (exact) mass is 440 g/mol. The number of esters is 1. The van der Waals surface area contributed by atoms with Crippen molar-refractivity contribution in [1.82, 2.24) is 4.90 Å². The summed E-state index contributed by atoms with van der Waals surface area (Å²) in [5.41, 5.74) is 2.20. The number of Topliss-reactive ketones (excluding diaryl/α,β-unsaturated/α-hetero) is 1. The number of ketones is 1. The van der Waals surface area contributed by atoms with Gasteiger partial charge in [-0.1, -0.05) is 43.3 Å². The van der Waals surface area contributed by atoms with Crippen LogP contribution in [0.3, 0.4) is 0 Å². The molecule has 1 saturated heterocycles. The first-order valence-electron chi connectivity index (χ1n) is 10.4. The summed E-state index contributed by atoms with van der Waals surface area (Å²) in [4.78, 5) is 27.0. The lowest BCUT2D eigenvalue weighted by molar-refractivity contribution is -0.148. The van der Waals surface area contributed by atoms with Gasteiger partial charge in [0.2, 0.25) is 0 Å². The highest BCUT2D eigenvalue weighted by Crippen LogP contribution is 2.30. The highest BCUT2D eigenvalue weighted by molar-refractivity contribution is 7.90. The number of rotatable bonds is 5. The number of hydrogen-bond donors (Lipinski definition) is 0. The maximum Gasteiger partial charge on any atom is 0.311 e. The third-order valence-electron chi connectivity index (χ3n) is 5.70. The minimum atomic E-state index is -3.71. The van der Waals surface area contributed by atoms with Crippen LogP contribution in [0.2, 0.25) is 0 Å². The van der Waals surface area contributed by atoms with E-state index in [4.69, 9.17) is 4.74 Å². The molecule has 0 saturated carbocycles. The smallest absolute Gasteiger partial charge is 0.311 e. The number of hydrogen-bond acceptors (Lipinski definition) is 6. The summed E-state index contributed by atoms with van der Waals surface area (Å²) in [6.45, 7) is 2.65. The molecule has 2 aliphatic rings. The molecule has 0 aromatic heterocycles. The van der Waals surface area contributed by atoms with E-state index in [9.17, 15) is 18.0 Å². The van der Waals surface area contributed by atoms with E-state index in [1.807, 2.05) is 24.0 Å². The second-order valence-electron chi connectivity index (χ2n) is 7.75. The predicted molar refractivity (Wildman–Crippen MR) is 116 cm³/mol. The molecular weight excluding hydrogens is 416 g/mol. The fraction of sp³-hybridized carbons (Fsp3) is 0.348. The van der Waals surface area contributed by atoms with Gasteiger partial charge in [-0.2, -0.15) is 8.42 Å². The van der Waals surface area contributed by atoms with Gasteiger partial charge in [0.05, 0.1) is 5.92 Å². The summed E-state index contributed by atoms with van der Waals surface area (Å²) >= 11 is 0. The Hall–Kier alpha value is -3.00. The average Bonchev–Trinajstić information content (AvgIpc) is 3.08. The molecule has 0 N–H and O–H groups in total. The second kappa shape index (κ2) is 8.63. The van der Waals surface area contributed by atoms with Crippen LogP contribution in [0.4, 0.5) is 0 Å². The van der Waals surface area contributed by atoms with Crippen molar-refractivity contribution in [1.29, 1.82) is 0 Å². The minimum Gasteiger partial charge on any atom is -0.457 e. The Balaban J connectivity index is 1.40. The number of fused-ring (bicyclic) bond motifs is 1. The lowest BCUT2D eigenvalue weighted by Gasteiger charge is -2.32. The van der Waals surface area contributed by atoms with Gasteiger partial charge in [0, 0.05) is 24.2 Å². The fourth-order valence-corrected chi connectivity index (χ4v) is 5.17. The van der Waals surface area contributed by atoms with E-state index in [2.05, 4.69) is 4.40 Å². The summed E-state index contributed by atoms with van der Waals surface area (Å²) in [5.74, 6) is -0.760. The SMILES string of the molecule is CCc1ccc(C(=O)COC(=O)C2CCCN(C3=NS(=O)(=O)c4ccccc43)C2)cc1. The molecule has 0 amide bonds. The van der Waals surface area contributed by atoms with Crippen LogP contribution in [0, 0.1) is 5.92 Å². The number of carbonyl (C=O) groups excluding carboxylic acids is 2. The van der Waals surface area contributed by atoms with Crippen molar-refractivity contribution >= 4 is 27.6 Å². The van der Waals surface area contributed by atoms with E-state index in [0.29, 0.717) is 42.9 Å². The Morgan fingerprint density at radius 3 is 2.61 bits per heavy atom. The number of ether oxygens (including phenoxy) is 1. The highest BCUT2D eigenvalue weighted by Gasteiger charge is 2.35. The minimum absolute atomic E-state index is 0.189. The largest absolute Gasteiger partial charge is 0.457 e. The molecule has 0 spiro atoms. The van der Waals surface area contributed by atoms with Crippen LogP contribution in [-0.4, -0.2) is 50.6 Å². The van der Waals surface area contributed by atoms with E-state index in [1.54, 1.807) is 30.3 Å². The van der Waals surface area contributed by atoms with Gasteiger partial charge in [-0.25, -0.2) is 0 Å². The summed E-state index contributed by atoms with van der Waals surface area (Å²) in [6.07, 6.45) is 2.21. The third-order valence-corrected chi connectivity index (χ3v) is 7.02. The third kappa shape index (κ3) is 4.39. The molecule has 2 aromatic carbocycles. The van der Waals surface area contributed by atoms with E-state index in [1.165, 1.54) is 6.07 Å². The average molecular weight is 441 g/mol. The van der Waals surface area contributed by atoms with E-state index >= 15 is 0 Å².